The smallest absolute Gasteiger partial charge is 0.477 e. The first-order valence-corrected chi connectivity index (χ1v) is 3.04. The molecule has 15 heavy (non-hydrogen) atoms. The van der Waals surface area contributed by atoms with E-state index in [-0.39, 0.29) is 5.48 Å². The molecule has 0 aromatic carbocycles. The molecule has 10 nitrogen and oxygen atoms in total. The van der Waals surface area contributed by atoms with Crippen LogP contribution in [0.5, 0.6) is 0 Å². The molecule has 0 aromatic rings. The molecular weight excluding hydrogens is 220 g/mol. The van der Waals surface area contributed by atoms with Crippen LogP contribution in [-0.4, -0.2) is 49.8 Å². The van der Waals surface area contributed by atoms with E-state index in [0.717, 1.165) is 0 Å². The summed E-state index contributed by atoms with van der Waals surface area (Å²) in [6.07, 6.45) is -3.30. The number of carbonyl (C=O) groups is 3. The highest BCUT2D eigenvalue weighted by Crippen LogP contribution is 2.07. The molecule has 0 saturated heterocycles. The fourth-order valence-corrected chi connectivity index (χ4v) is 0.388. The first-order chi connectivity index (χ1) is 6.25. The molecule has 0 spiro atoms. The largest absolute Gasteiger partial charge is 0.547 e. The lowest BCUT2D eigenvalue weighted by molar-refractivity contribution is -0.253. The van der Waals surface area contributed by atoms with E-state index in [1.165, 1.54) is 0 Å². The van der Waals surface area contributed by atoms with Gasteiger partial charge in [0.25, 0.3) is 5.79 Å². The summed E-state index contributed by atoms with van der Waals surface area (Å²) in [5.41, 5.74) is 0. The second-order valence-corrected chi connectivity index (χ2v) is 2.10. The monoisotopic (exact) mass is 228 g/mol. The van der Waals surface area contributed by atoms with Gasteiger partial charge in [-0.1, -0.05) is 0 Å². The minimum Gasteiger partial charge on any atom is -0.477 e. The van der Waals surface area contributed by atoms with E-state index in [2.05, 4.69) is 9.78 Å². The molecule has 0 radical (unpaired) electrons. The van der Waals surface area contributed by atoms with Crippen molar-refractivity contribution in [3.05, 3.63) is 0 Å². The molecule has 0 fully saturated rings. The van der Waals surface area contributed by atoms with Crippen LogP contribution in [-0.2, 0) is 19.4 Å². The Kier molecular flexibility index (Phi) is 5.96. The summed E-state index contributed by atoms with van der Waals surface area (Å²) in [7, 11) is 0. The maximum absolute atomic E-state index is 10.5. The Morgan fingerprint density at radius 1 is 1.07 bits per heavy atom. The Labute approximate surface area is 81.5 Å². The van der Waals surface area contributed by atoms with Gasteiger partial charge in [0.15, 0.2) is 0 Å². The summed E-state index contributed by atoms with van der Waals surface area (Å²) < 4.78 is 0. The van der Waals surface area contributed by atoms with E-state index in [4.69, 9.17) is 20.4 Å². The summed E-state index contributed by atoms with van der Waals surface area (Å²) in [5, 5.41) is 33.1. The third-order valence-corrected chi connectivity index (χ3v) is 0.939. The lowest BCUT2D eigenvalue weighted by Gasteiger charge is -2.13. The van der Waals surface area contributed by atoms with E-state index in [9.17, 15) is 14.4 Å². The average molecular weight is 228 g/mol. The van der Waals surface area contributed by atoms with Crippen LogP contribution in [0.4, 0.5) is 4.79 Å². The predicted molar refractivity (Wildman–Crippen MR) is 38.2 cm³/mol. The number of hydrogen-bond donors (Lipinski definition) is 4. The Morgan fingerprint density at radius 3 is 1.87 bits per heavy atom. The van der Waals surface area contributed by atoms with Crippen molar-refractivity contribution in [3.8, 4) is 0 Å². The highest BCUT2D eigenvalue weighted by atomic mass is 17.2. The SMILES string of the molecule is O.O=C(O)OOC(=O)CC(O)(O)C(=O)O. The van der Waals surface area contributed by atoms with Crippen LogP contribution in [0.1, 0.15) is 6.42 Å². The number of carboxylic acid groups (broad SMARTS) is 2. The standard InChI is InChI=1S/C5H6O9.H2O/c6-2(13-14-4(9)10)1-5(11,12)3(7)8;/h11-12H,1H2,(H,7,8)(H,9,10);1H2. The van der Waals surface area contributed by atoms with Crippen molar-refractivity contribution in [3.63, 3.8) is 0 Å². The first kappa shape index (κ1) is 15.6. The summed E-state index contributed by atoms with van der Waals surface area (Å²) in [6.45, 7) is 0. The van der Waals surface area contributed by atoms with E-state index in [0.29, 0.717) is 0 Å². The minimum absolute atomic E-state index is 0. The van der Waals surface area contributed by atoms with Crippen LogP contribution in [0.15, 0.2) is 0 Å². The van der Waals surface area contributed by atoms with Gasteiger partial charge in [-0.3, -0.25) is 0 Å². The second kappa shape index (κ2) is 5.74. The Bertz CT molecular complexity index is 255. The predicted octanol–water partition coefficient (Wildman–Crippen LogP) is -2.53. The van der Waals surface area contributed by atoms with E-state index >= 15 is 0 Å². The van der Waals surface area contributed by atoms with E-state index in [1.807, 2.05) is 0 Å². The number of hydrogen-bond acceptors (Lipinski definition) is 7. The van der Waals surface area contributed by atoms with Gasteiger partial charge in [-0.25, -0.2) is 24.2 Å². The number of aliphatic hydroxyl groups is 2. The van der Waals surface area contributed by atoms with Crippen LogP contribution >= 0.6 is 0 Å². The average Bonchev–Trinajstić information content (AvgIpc) is 1.99. The molecule has 0 saturated carbocycles. The fraction of sp³-hybridized carbons (Fsp3) is 0.400. The molecule has 0 aromatic heterocycles. The third-order valence-electron chi connectivity index (χ3n) is 0.939. The highest BCUT2D eigenvalue weighted by Gasteiger charge is 2.37. The van der Waals surface area contributed by atoms with Crippen molar-refractivity contribution in [1.29, 1.82) is 0 Å². The zero-order chi connectivity index (χ0) is 11.4. The molecule has 0 unspecified atom stereocenters. The van der Waals surface area contributed by atoms with Crippen LogP contribution in [0.2, 0.25) is 0 Å². The van der Waals surface area contributed by atoms with Gasteiger partial charge in [0.05, 0.1) is 0 Å². The Morgan fingerprint density at radius 2 is 1.53 bits per heavy atom. The normalized spacial score (nSPS) is 9.73. The van der Waals surface area contributed by atoms with Crippen molar-refractivity contribution >= 4 is 18.1 Å². The molecule has 0 amide bonds. The first-order valence-electron chi connectivity index (χ1n) is 3.04. The Balaban J connectivity index is 0. The molecule has 0 aliphatic heterocycles. The molecule has 0 rings (SSSR count). The van der Waals surface area contributed by atoms with Gasteiger partial charge < -0.3 is 25.9 Å². The van der Waals surface area contributed by atoms with Gasteiger partial charge in [0, 0.05) is 0 Å². The van der Waals surface area contributed by atoms with Crippen LogP contribution < -0.4 is 0 Å². The number of rotatable bonds is 3. The summed E-state index contributed by atoms with van der Waals surface area (Å²) >= 11 is 0. The van der Waals surface area contributed by atoms with Crippen molar-refractivity contribution < 1.29 is 50.1 Å². The van der Waals surface area contributed by atoms with Gasteiger partial charge in [-0.15, -0.1) is 0 Å². The molecule has 0 aliphatic rings. The highest BCUT2D eigenvalue weighted by molar-refractivity contribution is 5.82. The van der Waals surface area contributed by atoms with Gasteiger partial charge in [-0.05, 0) is 0 Å². The lowest BCUT2D eigenvalue weighted by atomic mass is 10.2. The van der Waals surface area contributed by atoms with Gasteiger partial charge in [0.1, 0.15) is 6.42 Å². The quantitative estimate of drug-likeness (QED) is 0.230. The summed E-state index contributed by atoms with van der Waals surface area (Å²) in [6, 6.07) is 0. The zero-order valence-electron chi connectivity index (χ0n) is 7.04. The molecule has 0 bridgehead atoms. The zero-order valence-corrected chi connectivity index (χ0v) is 7.04. The van der Waals surface area contributed by atoms with Crippen LogP contribution in [0.25, 0.3) is 0 Å². The van der Waals surface area contributed by atoms with Crippen molar-refractivity contribution in [2.75, 3.05) is 0 Å². The third kappa shape index (κ3) is 6.20. The molecule has 6 N–H and O–H groups in total. The molecule has 0 aliphatic carbocycles. The fourth-order valence-electron chi connectivity index (χ4n) is 0.388. The van der Waals surface area contributed by atoms with Gasteiger partial charge >= 0.3 is 18.1 Å². The van der Waals surface area contributed by atoms with Gasteiger partial charge in [-0.2, -0.15) is 0 Å². The maximum atomic E-state index is 10.5. The number of carbonyl (C=O) groups excluding carboxylic acids is 1. The topological polar surface area (TPSA) is 182 Å². The Hall–Kier alpha value is -1.91. The number of carboxylic acids is 1. The van der Waals surface area contributed by atoms with Crippen molar-refractivity contribution in [2.24, 2.45) is 0 Å². The molecular formula is C5H8O10. The minimum atomic E-state index is -3.32. The summed E-state index contributed by atoms with van der Waals surface area (Å²) in [5.74, 6) is -6.96. The van der Waals surface area contributed by atoms with Crippen molar-refractivity contribution in [1.82, 2.24) is 0 Å². The van der Waals surface area contributed by atoms with Crippen LogP contribution in [0.3, 0.4) is 0 Å². The molecule has 0 atom stereocenters. The van der Waals surface area contributed by atoms with Gasteiger partial charge in [0.2, 0.25) is 0 Å². The lowest BCUT2D eigenvalue weighted by Crippen LogP contribution is -2.40. The van der Waals surface area contributed by atoms with Crippen molar-refractivity contribution in [2.45, 2.75) is 12.2 Å². The van der Waals surface area contributed by atoms with Crippen LogP contribution in [0, 0.1) is 0 Å². The van der Waals surface area contributed by atoms with E-state index in [1.54, 1.807) is 0 Å². The molecule has 88 valence electrons. The number of aliphatic carboxylic acids is 1. The van der Waals surface area contributed by atoms with E-state index < -0.39 is 30.3 Å². The second-order valence-electron chi connectivity index (χ2n) is 2.10. The summed E-state index contributed by atoms with van der Waals surface area (Å²) in [4.78, 5) is 36.9. The molecule has 10 heteroatoms. The molecule has 0 heterocycles. The maximum Gasteiger partial charge on any atom is 0.547 e.